The molecule has 1 aliphatic heterocycles. The van der Waals surface area contributed by atoms with E-state index in [0.29, 0.717) is 13.1 Å². The molecule has 1 saturated heterocycles. The third-order valence-corrected chi connectivity index (χ3v) is 5.17. The van der Waals surface area contributed by atoms with E-state index in [2.05, 4.69) is 20.0 Å². The Morgan fingerprint density at radius 3 is 2.34 bits per heavy atom. The van der Waals surface area contributed by atoms with Gasteiger partial charge in [0.25, 0.3) is 0 Å². The second kappa shape index (κ2) is 8.26. The molecule has 29 heavy (non-hydrogen) atoms. The molecule has 1 aliphatic rings. The monoisotopic (exact) mass is 388 g/mol. The zero-order valence-corrected chi connectivity index (χ0v) is 16.7. The number of nitrogens with zero attached hydrogens (tertiary/aromatic N) is 6. The smallest absolute Gasteiger partial charge is 0.246 e. The molecule has 0 radical (unpaired) electrons. The SMILES string of the molecule is Cc1nn(-c2ccccc2)c(C)c1/C=C/C(=O)N1CCN(c2ncccn2)CC1. The van der Waals surface area contributed by atoms with Crippen LogP contribution in [0, 0.1) is 13.8 Å². The topological polar surface area (TPSA) is 67.2 Å². The summed E-state index contributed by atoms with van der Waals surface area (Å²) in [7, 11) is 0. The van der Waals surface area contributed by atoms with E-state index in [1.807, 2.05) is 59.8 Å². The number of anilines is 1. The molecule has 0 saturated carbocycles. The number of aryl methyl sites for hydroxylation is 1. The van der Waals surface area contributed by atoms with Gasteiger partial charge in [0.1, 0.15) is 0 Å². The summed E-state index contributed by atoms with van der Waals surface area (Å²) in [5, 5.41) is 4.63. The van der Waals surface area contributed by atoms with Gasteiger partial charge < -0.3 is 9.80 Å². The molecule has 0 unspecified atom stereocenters. The molecule has 0 atom stereocenters. The van der Waals surface area contributed by atoms with Crippen LogP contribution in [0.3, 0.4) is 0 Å². The highest BCUT2D eigenvalue weighted by Gasteiger charge is 2.21. The quantitative estimate of drug-likeness (QED) is 0.643. The van der Waals surface area contributed by atoms with Gasteiger partial charge in [-0.25, -0.2) is 14.6 Å². The molecule has 0 aliphatic carbocycles. The largest absolute Gasteiger partial charge is 0.337 e. The summed E-state index contributed by atoms with van der Waals surface area (Å²) in [6, 6.07) is 11.8. The standard InChI is InChI=1S/C22H24N6O/c1-17-20(18(2)28(25-17)19-7-4-3-5-8-19)9-10-21(29)26-13-15-27(16-14-26)22-23-11-6-12-24-22/h3-12H,13-16H2,1-2H3/b10-9+. The van der Waals surface area contributed by atoms with Crippen LogP contribution in [0.5, 0.6) is 0 Å². The van der Waals surface area contributed by atoms with E-state index >= 15 is 0 Å². The van der Waals surface area contributed by atoms with Crippen molar-refractivity contribution in [2.24, 2.45) is 0 Å². The Morgan fingerprint density at radius 1 is 0.966 bits per heavy atom. The van der Waals surface area contributed by atoms with Crippen LogP contribution in [-0.4, -0.2) is 56.7 Å². The van der Waals surface area contributed by atoms with Crippen molar-refractivity contribution in [1.82, 2.24) is 24.6 Å². The zero-order chi connectivity index (χ0) is 20.2. The fraction of sp³-hybridized carbons (Fsp3) is 0.273. The number of carbonyl (C=O) groups is 1. The van der Waals surface area contributed by atoms with Gasteiger partial charge in [0.2, 0.25) is 11.9 Å². The number of rotatable bonds is 4. The zero-order valence-electron chi connectivity index (χ0n) is 16.7. The molecule has 1 aromatic carbocycles. The Morgan fingerprint density at radius 2 is 1.66 bits per heavy atom. The van der Waals surface area contributed by atoms with Crippen molar-refractivity contribution in [3.05, 3.63) is 71.8 Å². The van der Waals surface area contributed by atoms with Crippen LogP contribution in [0.15, 0.2) is 54.9 Å². The van der Waals surface area contributed by atoms with Gasteiger partial charge in [-0.2, -0.15) is 5.10 Å². The highest BCUT2D eigenvalue weighted by molar-refractivity contribution is 5.92. The van der Waals surface area contributed by atoms with Crippen molar-refractivity contribution in [3.8, 4) is 5.69 Å². The lowest BCUT2D eigenvalue weighted by molar-refractivity contribution is -0.126. The molecule has 1 amide bonds. The van der Waals surface area contributed by atoms with Crippen molar-refractivity contribution >= 4 is 17.9 Å². The Hall–Kier alpha value is -3.48. The lowest BCUT2D eigenvalue weighted by Crippen LogP contribution is -2.48. The van der Waals surface area contributed by atoms with Gasteiger partial charge in [0.05, 0.1) is 11.4 Å². The predicted molar refractivity (Wildman–Crippen MR) is 113 cm³/mol. The molecule has 7 nitrogen and oxygen atoms in total. The molecule has 2 aromatic heterocycles. The van der Waals surface area contributed by atoms with E-state index in [4.69, 9.17) is 0 Å². The number of hydrogen-bond donors (Lipinski definition) is 0. The Labute approximate surface area is 170 Å². The maximum absolute atomic E-state index is 12.7. The van der Waals surface area contributed by atoms with Crippen molar-refractivity contribution in [2.45, 2.75) is 13.8 Å². The highest BCUT2D eigenvalue weighted by Crippen LogP contribution is 2.19. The van der Waals surface area contributed by atoms with E-state index in [9.17, 15) is 4.79 Å². The van der Waals surface area contributed by atoms with Gasteiger partial charge in [0.15, 0.2) is 0 Å². The first kappa shape index (κ1) is 18.9. The third-order valence-electron chi connectivity index (χ3n) is 5.17. The summed E-state index contributed by atoms with van der Waals surface area (Å²) in [5.74, 6) is 0.736. The van der Waals surface area contributed by atoms with Gasteiger partial charge in [0, 0.05) is 55.9 Å². The number of benzene rings is 1. The number of hydrogen-bond acceptors (Lipinski definition) is 5. The average Bonchev–Trinajstić information content (AvgIpc) is 3.07. The van der Waals surface area contributed by atoms with Crippen LogP contribution in [-0.2, 0) is 4.79 Å². The van der Waals surface area contributed by atoms with Gasteiger partial charge in [-0.05, 0) is 38.1 Å². The summed E-state index contributed by atoms with van der Waals surface area (Å²) in [5.41, 5.74) is 3.92. The molecule has 1 fully saturated rings. The van der Waals surface area contributed by atoms with Gasteiger partial charge in [-0.15, -0.1) is 0 Å². The Kier molecular flexibility index (Phi) is 5.37. The van der Waals surface area contributed by atoms with E-state index in [1.165, 1.54) is 0 Å². The average molecular weight is 388 g/mol. The fourth-order valence-corrected chi connectivity index (χ4v) is 3.56. The van der Waals surface area contributed by atoms with Crippen molar-refractivity contribution in [2.75, 3.05) is 31.1 Å². The minimum atomic E-state index is 0.0184. The number of para-hydroxylation sites is 1. The second-order valence-corrected chi connectivity index (χ2v) is 7.03. The van der Waals surface area contributed by atoms with Crippen LogP contribution in [0.25, 0.3) is 11.8 Å². The van der Waals surface area contributed by atoms with Crippen LogP contribution < -0.4 is 4.90 Å². The van der Waals surface area contributed by atoms with Gasteiger partial charge in [-0.3, -0.25) is 4.79 Å². The molecular weight excluding hydrogens is 364 g/mol. The maximum atomic E-state index is 12.7. The van der Waals surface area contributed by atoms with E-state index in [-0.39, 0.29) is 5.91 Å². The molecule has 0 spiro atoms. The Balaban J connectivity index is 1.42. The minimum Gasteiger partial charge on any atom is -0.337 e. The number of amides is 1. The van der Waals surface area contributed by atoms with Gasteiger partial charge in [-0.1, -0.05) is 18.2 Å². The summed E-state index contributed by atoms with van der Waals surface area (Å²) in [6.45, 7) is 6.76. The van der Waals surface area contributed by atoms with E-state index in [0.717, 1.165) is 41.7 Å². The maximum Gasteiger partial charge on any atom is 0.246 e. The molecule has 3 heterocycles. The normalized spacial score (nSPS) is 14.6. The molecule has 0 bridgehead atoms. The molecule has 3 aromatic rings. The summed E-state index contributed by atoms with van der Waals surface area (Å²) in [4.78, 5) is 25.2. The Bertz CT molecular complexity index is 1000. The van der Waals surface area contributed by atoms with Crippen molar-refractivity contribution < 1.29 is 4.79 Å². The van der Waals surface area contributed by atoms with Crippen LogP contribution in [0.4, 0.5) is 5.95 Å². The third kappa shape index (κ3) is 4.03. The lowest BCUT2D eigenvalue weighted by Gasteiger charge is -2.34. The van der Waals surface area contributed by atoms with Crippen LogP contribution in [0.2, 0.25) is 0 Å². The summed E-state index contributed by atoms with van der Waals surface area (Å²) >= 11 is 0. The molecule has 0 N–H and O–H groups in total. The van der Waals surface area contributed by atoms with Crippen molar-refractivity contribution in [3.63, 3.8) is 0 Å². The molecule has 7 heteroatoms. The fourth-order valence-electron chi connectivity index (χ4n) is 3.56. The first-order chi connectivity index (χ1) is 14.1. The summed E-state index contributed by atoms with van der Waals surface area (Å²) < 4.78 is 1.91. The van der Waals surface area contributed by atoms with Gasteiger partial charge >= 0.3 is 0 Å². The van der Waals surface area contributed by atoms with E-state index < -0.39 is 0 Å². The van der Waals surface area contributed by atoms with Crippen LogP contribution in [0.1, 0.15) is 17.0 Å². The molecule has 4 rings (SSSR count). The highest BCUT2D eigenvalue weighted by atomic mass is 16.2. The number of piperazine rings is 1. The number of aromatic nitrogens is 4. The first-order valence-corrected chi connectivity index (χ1v) is 9.74. The van der Waals surface area contributed by atoms with Crippen LogP contribution >= 0.6 is 0 Å². The molecule has 148 valence electrons. The molecular formula is C22H24N6O. The summed E-state index contributed by atoms with van der Waals surface area (Å²) in [6.07, 6.45) is 7.01. The lowest BCUT2D eigenvalue weighted by atomic mass is 10.1. The predicted octanol–water partition coefficient (Wildman–Crippen LogP) is 2.64. The first-order valence-electron chi connectivity index (χ1n) is 9.74. The minimum absolute atomic E-state index is 0.0184. The number of carbonyl (C=O) groups excluding carboxylic acids is 1. The van der Waals surface area contributed by atoms with E-state index in [1.54, 1.807) is 24.5 Å². The second-order valence-electron chi connectivity index (χ2n) is 7.03. The van der Waals surface area contributed by atoms with Crippen molar-refractivity contribution in [1.29, 1.82) is 0 Å².